The highest BCUT2D eigenvalue weighted by atomic mass is 79.9. The van der Waals surface area contributed by atoms with Crippen molar-refractivity contribution in [2.24, 2.45) is 0 Å². The Hall–Kier alpha value is -1.10. The number of hydrogen-bond acceptors (Lipinski definition) is 3. The molecular weight excluding hydrogens is 268 g/mol. The summed E-state index contributed by atoms with van der Waals surface area (Å²) < 4.78 is 1.88. The van der Waals surface area contributed by atoms with Crippen LogP contribution in [0, 0.1) is 0 Å². The zero-order chi connectivity index (χ0) is 11.0. The predicted octanol–water partition coefficient (Wildman–Crippen LogP) is 2.09. The Morgan fingerprint density at radius 3 is 3.19 bits per heavy atom. The van der Waals surface area contributed by atoms with E-state index in [0.717, 1.165) is 24.4 Å². The van der Waals surface area contributed by atoms with Gasteiger partial charge in [0.1, 0.15) is 5.52 Å². The molecule has 0 spiro atoms. The number of anilines is 1. The summed E-state index contributed by atoms with van der Waals surface area (Å²) in [4.78, 5) is 7.39. The minimum Gasteiger partial charge on any atom is -0.354 e. The highest BCUT2D eigenvalue weighted by Crippen LogP contribution is 2.24. The lowest BCUT2D eigenvalue weighted by Crippen LogP contribution is -2.36. The second kappa shape index (κ2) is 4.05. The van der Waals surface area contributed by atoms with Crippen LogP contribution in [0.1, 0.15) is 12.8 Å². The molecule has 1 saturated heterocycles. The quantitative estimate of drug-likeness (QED) is 0.750. The summed E-state index contributed by atoms with van der Waals surface area (Å²) in [6.07, 6.45) is 7.98. The lowest BCUT2D eigenvalue weighted by molar-refractivity contribution is 0.591. The molecule has 1 aliphatic rings. The second-order valence-electron chi connectivity index (χ2n) is 4.10. The summed E-state index contributed by atoms with van der Waals surface area (Å²) in [7, 11) is 0. The van der Waals surface area contributed by atoms with Crippen molar-refractivity contribution in [2.45, 2.75) is 17.7 Å². The number of nitrogens with zero attached hydrogens (tertiary/aromatic N) is 4. The fourth-order valence-corrected chi connectivity index (χ4v) is 2.88. The highest BCUT2D eigenvalue weighted by molar-refractivity contribution is 9.09. The molecule has 1 atom stereocenters. The lowest BCUT2D eigenvalue weighted by atomic mass is 10.1. The maximum absolute atomic E-state index is 4.48. The smallest absolute Gasteiger partial charge is 0.154 e. The molecule has 3 heterocycles. The van der Waals surface area contributed by atoms with Gasteiger partial charge in [-0.05, 0) is 18.9 Å². The molecule has 5 heteroatoms. The normalized spacial score (nSPS) is 21.6. The third kappa shape index (κ3) is 1.69. The molecule has 0 amide bonds. The van der Waals surface area contributed by atoms with Crippen LogP contribution in [0.3, 0.4) is 0 Å². The van der Waals surface area contributed by atoms with Crippen LogP contribution in [-0.2, 0) is 0 Å². The van der Waals surface area contributed by atoms with Crippen molar-refractivity contribution >= 4 is 27.3 Å². The van der Waals surface area contributed by atoms with Gasteiger partial charge < -0.3 is 4.90 Å². The molecule has 1 unspecified atom stereocenters. The number of alkyl halides is 1. The van der Waals surface area contributed by atoms with Gasteiger partial charge in [-0.15, -0.1) is 0 Å². The number of fused-ring (bicyclic) bond motifs is 1. The van der Waals surface area contributed by atoms with E-state index in [1.807, 2.05) is 29.2 Å². The fourth-order valence-electron chi connectivity index (χ4n) is 2.20. The summed E-state index contributed by atoms with van der Waals surface area (Å²) in [6, 6.07) is 2.01. The Morgan fingerprint density at radius 1 is 1.38 bits per heavy atom. The maximum atomic E-state index is 4.48. The van der Waals surface area contributed by atoms with Gasteiger partial charge >= 0.3 is 0 Å². The van der Waals surface area contributed by atoms with Gasteiger partial charge in [-0.1, -0.05) is 15.9 Å². The minimum atomic E-state index is 0.575. The van der Waals surface area contributed by atoms with Crippen LogP contribution in [0.15, 0.2) is 24.7 Å². The number of aromatic nitrogens is 3. The number of halogens is 1. The molecule has 84 valence electrons. The van der Waals surface area contributed by atoms with Crippen LogP contribution in [0.2, 0.25) is 0 Å². The molecule has 1 fully saturated rings. The summed E-state index contributed by atoms with van der Waals surface area (Å²) in [5.74, 6) is 1.05. The molecule has 0 radical (unpaired) electrons. The topological polar surface area (TPSA) is 33.4 Å². The summed E-state index contributed by atoms with van der Waals surface area (Å²) in [5.41, 5.74) is 1.09. The Balaban J connectivity index is 2.01. The van der Waals surface area contributed by atoms with E-state index in [1.165, 1.54) is 12.8 Å². The third-order valence-corrected chi connectivity index (χ3v) is 3.71. The Kier molecular flexibility index (Phi) is 2.55. The van der Waals surface area contributed by atoms with Gasteiger partial charge in [0.2, 0.25) is 0 Å². The highest BCUT2D eigenvalue weighted by Gasteiger charge is 2.20. The second-order valence-corrected chi connectivity index (χ2v) is 5.39. The van der Waals surface area contributed by atoms with Crippen molar-refractivity contribution in [2.75, 3.05) is 18.0 Å². The van der Waals surface area contributed by atoms with Crippen molar-refractivity contribution in [3.05, 3.63) is 24.7 Å². The number of hydrogen-bond donors (Lipinski definition) is 0. The first-order chi connectivity index (χ1) is 7.84. The van der Waals surface area contributed by atoms with Gasteiger partial charge in [-0.3, -0.25) is 0 Å². The van der Waals surface area contributed by atoms with Gasteiger partial charge in [0.05, 0.1) is 6.20 Å². The van der Waals surface area contributed by atoms with E-state index in [0.29, 0.717) is 4.83 Å². The minimum absolute atomic E-state index is 0.575. The van der Waals surface area contributed by atoms with Crippen molar-refractivity contribution in [3.8, 4) is 0 Å². The molecule has 0 saturated carbocycles. The average molecular weight is 281 g/mol. The van der Waals surface area contributed by atoms with Crippen LogP contribution in [0.5, 0.6) is 0 Å². The van der Waals surface area contributed by atoms with Crippen LogP contribution in [-0.4, -0.2) is 32.5 Å². The van der Waals surface area contributed by atoms with E-state index in [9.17, 15) is 0 Å². The van der Waals surface area contributed by atoms with Crippen molar-refractivity contribution < 1.29 is 0 Å². The van der Waals surface area contributed by atoms with E-state index >= 15 is 0 Å². The maximum Gasteiger partial charge on any atom is 0.154 e. The molecule has 1 aliphatic heterocycles. The molecular formula is C11H13BrN4. The van der Waals surface area contributed by atoms with Gasteiger partial charge in [-0.2, -0.15) is 5.10 Å². The number of piperidine rings is 1. The van der Waals surface area contributed by atoms with E-state index in [-0.39, 0.29) is 0 Å². The van der Waals surface area contributed by atoms with E-state index < -0.39 is 0 Å². The van der Waals surface area contributed by atoms with Gasteiger partial charge in [0.25, 0.3) is 0 Å². The molecule has 0 N–H and O–H groups in total. The Morgan fingerprint density at radius 2 is 2.31 bits per heavy atom. The molecule has 0 bridgehead atoms. The van der Waals surface area contributed by atoms with Crippen molar-refractivity contribution in [1.82, 2.24) is 14.6 Å². The average Bonchev–Trinajstić information content (AvgIpc) is 2.76. The third-order valence-electron chi connectivity index (χ3n) is 2.97. The fraction of sp³-hybridized carbons (Fsp3) is 0.455. The predicted molar refractivity (Wildman–Crippen MR) is 67.1 cm³/mol. The largest absolute Gasteiger partial charge is 0.354 e. The van der Waals surface area contributed by atoms with Crippen LogP contribution < -0.4 is 4.90 Å². The van der Waals surface area contributed by atoms with Crippen LogP contribution in [0.25, 0.3) is 5.52 Å². The Bertz CT molecular complexity index is 495. The number of rotatable bonds is 1. The van der Waals surface area contributed by atoms with Crippen LogP contribution >= 0.6 is 15.9 Å². The van der Waals surface area contributed by atoms with Gasteiger partial charge in [0, 0.05) is 30.3 Å². The lowest BCUT2D eigenvalue weighted by Gasteiger charge is -2.31. The van der Waals surface area contributed by atoms with Gasteiger partial charge in [0.15, 0.2) is 5.82 Å². The molecule has 2 aromatic rings. The Labute approximate surface area is 102 Å². The molecule has 16 heavy (non-hydrogen) atoms. The zero-order valence-electron chi connectivity index (χ0n) is 8.88. The summed E-state index contributed by atoms with van der Waals surface area (Å²) >= 11 is 3.69. The van der Waals surface area contributed by atoms with Crippen molar-refractivity contribution in [1.29, 1.82) is 0 Å². The SMILES string of the molecule is BrC1CCCN(c2nccn3nccc23)C1. The van der Waals surface area contributed by atoms with Crippen molar-refractivity contribution in [3.63, 3.8) is 0 Å². The monoisotopic (exact) mass is 280 g/mol. The first-order valence-electron chi connectivity index (χ1n) is 5.52. The standard InChI is InChI=1S/C11H13BrN4/c12-9-2-1-6-15(8-9)11-10-3-4-14-16(10)7-5-13-11/h3-5,7,9H,1-2,6,8H2. The summed E-state index contributed by atoms with van der Waals surface area (Å²) in [6.45, 7) is 2.11. The first kappa shape index (κ1) is 10.1. The molecule has 2 aromatic heterocycles. The van der Waals surface area contributed by atoms with Gasteiger partial charge in [-0.25, -0.2) is 9.50 Å². The zero-order valence-corrected chi connectivity index (χ0v) is 10.5. The van der Waals surface area contributed by atoms with E-state index in [1.54, 1.807) is 0 Å². The molecule has 4 nitrogen and oxygen atoms in total. The van der Waals surface area contributed by atoms with E-state index in [4.69, 9.17) is 0 Å². The van der Waals surface area contributed by atoms with E-state index in [2.05, 4.69) is 30.9 Å². The molecule has 3 rings (SSSR count). The molecule has 0 aromatic carbocycles. The van der Waals surface area contributed by atoms with Crippen LogP contribution in [0.4, 0.5) is 5.82 Å². The first-order valence-corrected chi connectivity index (χ1v) is 6.43. The summed E-state index contributed by atoms with van der Waals surface area (Å²) in [5, 5.41) is 4.23. The molecule has 0 aliphatic carbocycles.